The normalized spacial score (nSPS) is 11.3. The molecule has 0 aliphatic carbocycles. The molecule has 0 fully saturated rings. The molecule has 7 nitrogen and oxygen atoms in total. The summed E-state index contributed by atoms with van der Waals surface area (Å²) in [5, 5.41) is 8.47. The van der Waals surface area contributed by atoms with Crippen LogP contribution in [0.3, 0.4) is 0 Å². The molecule has 3 aromatic heterocycles. The number of anilines is 3. The van der Waals surface area contributed by atoms with Crippen LogP contribution in [-0.2, 0) is 6.42 Å². The first kappa shape index (κ1) is 22.6. The zero-order valence-electron chi connectivity index (χ0n) is 20.0. The molecule has 0 atom stereocenters. The largest absolute Gasteiger partial charge is 0.423 e. The first-order valence-corrected chi connectivity index (χ1v) is 11.5. The Morgan fingerprint density at radius 2 is 1.77 bits per heavy atom. The van der Waals surface area contributed by atoms with Crippen molar-refractivity contribution >= 4 is 39.2 Å². The maximum Gasteiger partial charge on any atom is 0.336 e. The molecule has 0 bridgehead atoms. The Kier molecular flexibility index (Phi) is 5.72. The number of fused-ring (bicyclic) bond motifs is 2. The molecule has 3 N–H and O–H groups in total. The minimum Gasteiger partial charge on any atom is -0.423 e. The Hall–Kier alpha value is -4.20. The smallest absolute Gasteiger partial charge is 0.336 e. The summed E-state index contributed by atoms with van der Waals surface area (Å²) in [6.07, 6.45) is 0.713. The van der Waals surface area contributed by atoms with Crippen LogP contribution in [0, 0.1) is 33.5 Å². The van der Waals surface area contributed by atoms with E-state index in [4.69, 9.17) is 4.42 Å². The highest BCUT2D eigenvalue weighted by atomic mass is 19.1. The third-order valence-electron chi connectivity index (χ3n) is 6.17. The van der Waals surface area contributed by atoms with Crippen molar-refractivity contribution in [1.82, 2.24) is 15.0 Å². The van der Waals surface area contributed by atoms with E-state index < -0.39 is 0 Å². The van der Waals surface area contributed by atoms with Gasteiger partial charge in [-0.1, -0.05) is 6.07 Å². The first-order chi connectivity index (χ1) is 16.8. The lowest BCUT2D eigenvalue weighted by atomic mass is 10.0. The summed E-state index contributed by atoms with van der Waals surface area (Å²) in [6.45, 7) is 8.30. The van der Waals surface area contributed by atoms with Gasteiger partial charge in [-0.15, -0.1) is 0 Å². The van der Waals surface area contributed by atoms with Gasteiger partial charge in [-0.3, -0.25) is 0 Å². The number of nitrogens with one attached hydrogen (secondary N) is 3. The number of nitrogens with zero attached hydrogens (tertiary/aromatic N) is 2. The molecule has 5 rings (SSSR count). The summed E-state index contributed by atoms with van der Waals surface area (Å²) in [6, 6.07) is 12.2. The van der Waals surface area contributed by atoms with Crippen molar-refractivity contribution in [3.63, 3.8) is 0 Å². The quantitative estimate of drug-likeness (QED) is 0.270. The highest BCUT2D eigenvalue weighted by molar-refractivity contribution is 5.88. The van der Waals surface area contributed by atoms with Gasteiger partial charge in [0.1, 0.15) is 28.9 Å². The van der Waals surface area contributed by atoms with Gasteiger partial charge in [0.15, 0.2) is 0 Å². The SMILES string of the molecule is Cc1nc(NCCc2c(C)[nH]c3c(F)ccc(C)c23)cc(Nc2ccc3c(C)cc(=O)oc3c2)n1. The van der Waals surface area contributed by atoms with Crippen molar-refractivity contribution in [1.29, 1.82) is 0 Å². The van der Waals surface area contributed by atoms with E-state index in [-0.39, 0.29) is 11.4 Å². The molecule has 0 unspecified atom stereocenters. The molecule has 0 aliphatic rings. The van der Waals surface area contributed by atoms with Crippen LogP contribution in [0.4, 0.5) is 21.7 Å². The van der Waals surface area contributed by atoms with Crippen LogP contribution in [0.25, 0.3) is 21.9 Å². The Morgan fingerprint density at radius 3 is 2.60 bits per heavy atom. The monoisotopic (exact) mass is 471 g/mol. The molecule has 0 saturated heterocycles. The van der Waals surface area contributed by atoms with Crippen LogP contribution in [0.15, 0.2) is 51.7 Å². The number of hydrogen-bond acceptors (Lipinski definition) is 6. The van der Waals surface area contributed by atoms with Crippen LogP contribution < -0.4 is 16.3 Å². The Bertz CT molecular complexity index is 1640. The lowest BCUT2D eigenvalue weighted by molar-refractivity contribution is 0.560. The van der Waals surface area contributed by atoms with E-state index in [9.17, 15) is 9.18 Å². The molecular weight excluding hydrogens is 445 g/mol. The molecule has 5 aromatic rings. The summed E-state index contributed by atoms with van der Waals surface area (Å²) in [5.41, 5.74) is 5.44. The van der Waals surface area contributed by atoms with Crippen LogP contribution in [0.2, 0.25) is 0 Å². The maximum absolute atomic E-state index is 14.2. The van der Waals surface area contributed by atoms with Gasteiger partial charge in [-0.05, 0) is 69.0 Å². The highest BCUT2D eigenvalue weighted by Gasteiger charge is 2.14. The molecule has 2 aromatic carbocycles. The summed E-state index contributed by atoms with van der Waals surface area (Å²) in [4.78, 5) is 23.9. The third-order valence-corrected chi connectivity index (χ3v) is 6.17. The minimum absolute atomic E-state index is 0.238. The standard InChI is InChI=1S/C27H26FN5O2/c1-14-5-8-21(28)27-26(14)20(16(3)30-27)9-10-29-23-13-24(32-17(4)31-23)33-18-6-7-19-15(2)11-25(34)35-22(19)12-18/h5-8,11-13,30H,9-10H2,1-4H3,(H2,29,31,32,33). The van der Waals surface area contributed by atoms with Gasteiger partial charge in [0.25, 0.3) is 0 Å². The topological polar surface area (TPSA) is 95.8 Å². The highest BCUT2D eigenvalue weighted by Crippen LogP contribution is 2.28. The van der Waals surface area contributed by atoms with Crippen molar-refractivity contribution in [2.45, 2.75) is 34.1 Å². The zero-order chi connectivity index (χ0) is 24.7. The molecule has 0 saturated carbocycles. The van der Waals surface area contributed by atoms with Gasteiger partial charge in [-0.2, -0.15) is 0 Å². The number of benzene rings is 2. The molecule has 3 heterocycles. The number of aryl methyl sites for hydroxylation is 4. The Balaban J connectivity index is 1.34. The molecular formula is C27H26FN5O2. The van der Waals surface area contributed by atoms with Crippen LogP contribution in [0.1, 0.15) is 28.2 Å². The Morgan fingerprint density at radius 1 is 0.971 bits per heavy atom. The summed E-state index contributed by atoms with van der Waals surface area (Å²) in [5.74, 6) is 1.68. The van der Waals surface area contributed by atoms with E-state index in [2.05, 4.69) is 25.6 Å². The fourth-order valence-corrected chi connectivity index (χ4v) is 4.54. The fraction of sp³-hybridized carbons (Fsp3) is 0.222. The third kappa shape index (κ3) is 4.47. The summed E-state index contributed by atoms with van der Waals surface area (Å²) < 4.78 is 19.6. The predicted molar refractivity (Wildman–Crippen MR) is 137 cm³/mol. The van der Waals surface area contributed by atoms with Gasteiger partial charge in [0.2, 0.25) is 0 Å². The fourth-order valence-electron chi connectivity index (χ4n) is 4.54. The molecule has 178 valence electrons. The number of rotatable bonds is 6. The van der Waals surface area contributed by atoms with Gasteiger partial charge >= 0.3 is 5.63 Å². The van der Waals surface area contributed by atoms with E-state index in [0.29, 0.717) is 41.5 Å². The van der Waals surface area contributed by atoms with Crippen LogP contribution in [0.5, 0.6) is 0 Å². The maximum atomic E-state index is 14.2. The average Bonchev–Trinajstić information content (AvgIpc) is 3.13. The summed E-state index contributed by atoms with van der Waals surface area (Å²) >= 11 is 0. The second-order valence-electron chi connectivity index (χ2n) is 8.79. The molecule has 0 radical (unpaired) electrons. The van der Waals surface area contributed by atoms with Crippen molar-refractivity contribution < 1.29 is 8.81 Å². The second-order valence-corrected chi connectivity index (χ2v) is 8.79. The van der Waals surface area contributed by atoms with E-state index in [1.165, 1.54) is 12.1 Å². The van der Waals surface area contributed by atoms with Crippen molar-refractivity contribution in [2.75, 3.05) is 17.2 Å². The minimum atomic E-state index is -0.375. The van der Waals surface area contributed by atoms with Crippen molar-refractivity contribution in [3.05, 3.63) is 86.9 Å². The van der Waals surface area contributed by atoms with Crippen molar-refractivity contribution in [3.8, 4) is 0 Å². The first-order valence-electron chi connectivity index (χ1n) is 11.5. The van der Waals surface area contributed by atoms with E-state index in [0.717, 1.165) is 38.8 Å². The number of H-pyrrole nitrogens is 1. The summed E-state index contributed by atoms with van der Waals surface area (Å²) in [7, 11) is 0. The number of hydrogen-bond donors (Lipinski definition) is 3. The zero-order valence-corrected chi connectivity index (χ0v) is 20.0. The second kappa shape index (κ2) is 8.87. The van der Waals surface area contributed by atoms with Crippen LogP contribution >= 0.6 is 0 Å². The van der Waals surface area contributed by atoms with Gasteiger partial charge in [0.05, 0.1) is 5.52 Å². The van der Waals surface area contributed by atoms with E-state index in [1.54, 1.807) is 6.07 Å². The van der Waals surface area contributed by atoms with E-state index >= 15 is 0 Å². The van der Waals surface area contributed by atoms with Crippen LogP contribution in [-0.4, -0.2) is 21.5 Å². The van der Waals surface area contributed by atoms with E-state index in [1.807, 2.05) is 52.0 Å². The lowest BCUT2D eigenvalue weighted by Gasteiger charge is -2.11. The molecule has 8 heteroatoms. The van der Waals surface area contributed by atoms with Gasteiger partial charge in [0, 0.05) is 46.9 Å². The number of aromatic amines is 1. The van der Waals surface area contributed by atoms with Crippen molar-refractivity contribution in [2.24, 2.45) is 0 Å². The molecule has 35 heavy (non-hydrogen) atoms. The Labute approximate surface area is 201 Å². The number of aromatic nitrogens is 3. The lowest BCUT2D eigenvalue weighted by Crippen LogP contribution is -2.09. The average molecular weight is 472 g/mol. The van der Waals surface area contributed by atoms with Gasteiger partial charge < -0.3 is 20.0 Å². The molecule has 0 amide bonds. The number of halogens is 1. The van der Waals surface area contributed by atoms with Gasteiger partial charge in [-0.25, -0.2) is 19.2 Å². The molecule has 0 spiro atoms. The predicted octanol–water partition coefficient (Wildman–Crippen LogP) is 5.84. The molecule has 0 aliphatic heterocycles.